The number of aromatic hydroxyl groups is 1. The number of rotatable bonds is 7. The van der Waals surface area contributed by atoms with Crippen LogP contribution in [-0.2, 0) is 10.2 Å². The van der Waals surface area contributed by atoms with Crippen LogP contribution in [0.3, 0.4) is 0 Å². The predicted molar refractivity (Wildman–Crippen MR) is 138 cm³/mol. The van der Waals surface area contributed by atoms with Gasteiger partial charge in [0.25, 0.3) is 0 Å². The van der Waals surface area contributed by atoms with Gasteiger partial charge in [-0.15, -0.1) is 0 Å². The lowest BCUT2D eigenvalue weighted by Crippen LogP contribution is -2.27. The van der Waals surface area contributed by atoms with Gasteiger partial charge in [-0.05, 0) is 35.9 Å². The van der Waals surface area contributed by atoms with Gasteiger partial charge >= 0.3 is 5.97 Å². The van der Waals surface area contributed by atoms with Gasteiger partial charge in [0.1, 0.15) is 17.1 Å². The largest absolute Gasteiger partial charge is 0.507 e. The predicted octanol–water partition coefficient (Wildman–Crippen LogP) is 6.66. The summed E-state index contributed by atoms with van der Waals surface area (Å²) in [6.07, 6.45) is 0. The zero-order chi connectivity index (χ0) is 27.4. The Labute approximate surface area is 216 Å². The standard InChI is InChI=1S/C29H25F2NO6/c1-29(2,14-36-3)27-25(16-6-5-15-9-24(28(34)35)38-22(15)10-16)26-20(11-17(30)12-21(26)33)32(27)18-7-8-19(31)23(13-18)37-4/h5-13,33H,14H2,1-4H3,(H,34,35). The third-order valence-corrected chi connectivity index (χ3v) is 6.57. The van der Waals surface area contributed by atoms with Crippen LogP contribution in [0.4, 0.5) is 8.78 Å². The molecular weight excluding hydrogens is 496 g/mol. The van der Waals surface area contributed by atoms with E-state index in [4.69, 9.17) is 13.9 Å². The summed E-state index contributed by atoms with van der Waals surface area (Å²) in [5.74, 6) is -2.90. The number of hydrogen-bond donors (Lipinski definition) is 2. The van der Waals surface area contributed by atoms with Crippen LogP contribution in [0.1, 0.15) is 30.1 Å². The van der Waals surface area contributed by atoms with E-state index in [1.807, 2.05) is 13.8 Å². The highest BCUT2D eigenvalue weighted by atomic mass is 19.1. The average molecular weight is 522 g/mol. The molecule has 5 rings (SSSR count). The molecule has 2 N–H and O–H groups in total. The highest BCUT2D eigenvalue weighted by Gasteiger charge is 2.34. The van der Waals surface area contributed by atoms with E-state index >= 15 is 0 Å². The number of carbonyl (C=O) groups is 1. The number of furan rings is 1. The summed E-state index contributed by atoms with van der Waals surface area (Å²) in [4.78, 5) is 11.5. The monoisotopic (exact) mass is 521 g/mol. The number of phenols is 1. The maximum atomic E-state index is 14.7. The van der Waals surface area contributed by atoms with E-state index in [-0.39, 0.29) is 23.9 Å². The van der Waals surface area contributed by atoms with Gasteiger partial charge in [-0.2, -0.15) is 0 Å². The molecule has 0 bridgehead atoms. The van der Waals surface area contributed by atoms with Crippen LogP contribution >= 0.6 is 0 Å². The number of methoxy groups -OCH3 is 2. The Kier molecular flexibility index (Phi) is 6.11. The van der Waals surface area contributed by atoms with E-state index < -0.39 is 23.0 Å². The molecule has 9 heteroatoms. The molecule has 2 heterocycles. The number of ether oxygens (including phenoxy) is 2. The number of halogens is 2. The zero-order valence-electron chi connectivity index (χ0n) is 21.1. The smallest absolute Gasteiger partial charge is 0.371 e. The molecule has 0 amide bonds. The van der Waals surface area contributed by atoms with Gasteiger partial charge in [-0.1, -0.05) is 26.0 Å². The van der Waals surface area contributed by atoms with Crippen LogP contribution in [-0.4, -0.2) is 41.6 Å². The van der Waals surface area contributed by atoms with Gasteiger partial charge in [0.2, 0.25) is 5.76 Å². The summed E-state index contributed by atoms with van der Waals surface area (Å²) in [5.41, 5.74) is 2.26. The van der Waals surface area contributed by atoms with Crippen molar-refractivity contribution < 1.29 is 37.7 Å². The summed E-state index contributed by atoms with van der Waals surface area (Å²) < 4.78 is 47.1. The Bertz CT molecular complexity index is 1720. The topological polar surface area (TPSA) is 94.1 Å². The van der Waals surface area contributed by atoms with Crippen LogP contribution in [0.5, 0.6) is 11.5 Å². The number of aromatic carboxylic acids is 1. The van der Waals surface area contributed by atoms with Crippen LogP contribution in [0.15, 0.2) is 59.0 Å². The summed E-state index contributed by atoms with van der Waals surface area (Å²) in [5, 5.41) is 21.3. The fraction of sp³-hybridized carbons (Fsp3) is 0.207. The lowest BCUT2D eigenvalue weighted by molar-refractivity contribution is 0.0665. The lowest BCUT2D eigenvalue weighted by atomic mass is 9.84. The number of benzene rings is 3. The number of nitrogens with zero attached hydrogens (tertiary/aromatic N) is 1. The van der Waals surface area contributed by atoms with Crippen molar-refractivity contribution in [1.29, 1.82) is 0 Å². The molecule has 38 heavy (non-hydrogen) atoms. The first kappa shape index (κ1) is 25.3. The minimum Gasteiger partial charge on any atom is -0.507 e. The minimum atomic E-state index is -1.19. The number of carboxylic acid groups (broad SMARTS) is 1. The number of fused-ring (bicyclic) bond motifs is 2. The summed E-state index contributed by atoms with van der Waals surface area (Å²) in [6.45, 7) is 4.13. The van der Waals surface area contributed by atoms with Crippen molar-refractivity contribution in [2.75, 3.05) is 20.8 Å². The van der Waals surface area contributed by atoms with Gasteiger partial charge < -0.3 is 28.7 Å². The normalized spacial score (nSPS) is 11.9. The quantitative estimate of drug-likeness (QED) is 0.249. The Hall–Kier alpha value is -4.37. The molecule has 0 radical (unpaired) electrons. The molecule has 0 saturated heterocycles. The molecule has 0 aliphatic carbocycles. The second-order valence-electron chi connectivity index (χ2n) is 9.68. The van der Waals surface area contributed by atoms with Gasteiger partial charge in [0, 0.05) is 47.0 Å². The molecule has 196 valence electrons. The third-order valence-electron chi connectivity index (χ3n) is 6.57. The molecule has 0 saturated carbocycles. The first-order valence-electron chi connectivity index (χ1n) is 11.7. The fourth-order valence-electron chi connectivity index (χ4n) is 5.06. The molecule has 0 aliphatic rings. The number of carboxylic acids is 1. The maximum absolute atomic E-state index is 14.7. The highest BCUT2D eigenvalue weighted by Crippen LogP contribution is 2.47. The maximum Gasteiger partial charge on any atom is 0.371 e. The Morgan fingerprint density at radius 3 is 2.50 bits per heavy atom. The van der Waals surface area contributed by atoms with E-state index in [0.717, 1.165) is 6.07 Å². The second kappa shape index (κ2) is 9.18. The summed E-state index contributed by atoms with van der Waals surface area (Å²) in [6, 6.07) is 13.2. The van der Waals surface area contributed by atoms with Crippen LogP contribution in [0, 0.1) is 11.6 Å². The minimum absolute atomic E-state index is 0.000211. The Morgan fingerprint density at radius 2 is 1.82 bits per heavy atom. The van der Waals surface area contributed by atoms with Gasteiger partial charge in [-0.3, -0.25) is 0 Å². The summed E-state index contributed by atoms with van der Waals surface area (Å²) in [7, 11) is 2.92. The van der Waals surface area contributed by atoms with E-state index in [2.05, 4.69) is 0 Å². The first-order chi connectivity index (χ1) is 18.1. The van der Waals surface area contributed by atoms with Crippen LogP contribution in [0.2, 0.25) is 0 Å². The van der Waals surface area contributed by atoms with E-state index in [0.29, 0.717) is 44.4 Å². The highest BCUT2D eigenvalue weighted by molar-refractivity contribution is 6.05. The Balaban J connectivity index is 1.94. The molecule has 7 nitrogen and oxygen atoms in total. The molecular formula is C29H25F2NO6. The van der Waals surface area contributed by atoms with Gasteiger partial charge in [-0.25, -0.2) is 13.6 Å². The molecule has 0 aliphatic heterocycles. The molecule has 0 atom stereocenters. The fourth-order valence-corrected chi connectivity index (χ4v) is 5.06. The van der Waals surface area contributed by atoms with Crippen molar-refractivity contribution >= 4 is 27.8 Å². The third kappa shape index (κ3) is 4.05. The molecule has 0 spiro atoms. The molecule has 5 aromatic rings. The zero-order valence-corrected chi connectivity index (χ0v) is 21.1. The van der Waals surface area contributed by atoms with Gasteiger partial charge in [0.05, 0.1) is 24.6 Å². The average Bonchev–Trinajstić information content (AvgIpc) is 3.44. The lowest BCUT2D eigenvalue weighted by Gasteiger charge is -2.28. The van der Waals surface area contributed by atoms with Crippen LogP contribution < -0.4 is 4.74 Å². The van der Waals surface area contributed by atoms with Crippen molar-refractivity contribution in [2.24, 2.45) is 0 Å². The summed E-state index contributed by atoms with van der Waals surface area (Å²) >= 11 is 0. The molecule has 2 aromatic heterocycles. The number of aromatic nitrogens is 1. The number of phenolic OH excluding ortho intramolecular Hbond substituents is 1. The van der Waals surface area contributed by atoms with Crippen molar-refractivity contribution in [2.45, 2.75) is 19.3 Å². The molecule has 3 aromatic carbocycles. The second-order valence-corrected chi connectivity index (χ2v) is 9.68. The van der Waals surface area contributed by atoms with E-state index in [1.165, 1.54) is 31.4 Å². The first-order valence-corrected chi connectivity index (χ1v) is 11.7. The molecule has 0 fully saturated rings. The number of hydrogen-bond acceptors (Lipinski definition) is 5. The Morgan fingerprint density at radius 1 is 1.05 bits per heavy atom. The van der Waals surface area contributed by atoms with Gasteiger partial charge in [0.15, 0.2) is 11.6 Å². The van der Waals surface area contributed by atoms with Crippen LogP contribution in [0.25, 0.3) is 38.7 Å². The van der Waals surface area contributed by atoms with E-state index in [1.54, 1.807) is 35.9 Å². The van der Waals surface area contributed by atoms with Crippen molar-refractivity contribution in [3.8, 4) is 28.3 Å². The van der Waals surface area contributed by atoms with Crippen molar-refractivity contribution in [3.05, 3.63) is 77.7 Å². The molecule has 0 unspecified atom stereocenters. The van der Waals surface area contributed by atoms with E-state index in [9.17, 15) is 23.8 Å². The SMILES string of the molecule is COCC(C)(C)c1c(-c2ccc3cc(C(=O)O)oc3c2)c2c(O)cc(F)cc2n1-c1ccc(F)c(OC)c1. The van der Waals surface area contributed by atoms with Crippen molar-refractivity contribution in [1.82, 2.24) is 4.57 Å². The van der Waals surface area contributed by atoms with Crippen molar-refractivity contribution in [3.63, 3.8) is 0 Å².